The van der Waals surface area contributed by atoms with Crippen molar-refractivity contribution >= 4 is 17.8 Å². The van der Waals surface area contributed by atoms with Crippen LogP contribution >= 0.6 is 0 Å². The molecule has 0 aliphatic carbocycles. The number of nitrogens with one attached hydrogen (secondary N) is 1. The van der Waals surface area contributed by atoms with E-state index in [2.05, 4.69) is 5.32 Å². The summed E-state index contributed by atoms with van der Waals surface area (Å²) in [7, 11) is 3.07. The van der Waals surface area contributed by atoms with E-state index < -0.39 is 12.0 Å². The zero-order valence-corrected chi connectivity index (χ0v) is 17.8. The van der Waals surface area contributed by atoms with Crippen LogP contribution in [0.2, 0.25) is 0 Å². The van der Waals surface area contributed by atoms with Crippen LogP contribution in [0.1, 0.15) is 40.9 Å². The summed E-state index contributed by atoms with van der Waals surface area (Å²) in [6.45, 7) is 2.10. The summed E-state index contributed by atoms with van der Waals surface area (Å²) in [4.78, 5) is 39.0. The quantitative estimate of drug-likeness (QED) is 0.619. The minimum absolute atomic E-state index is 0.0192. The number of benzene rings is 2. The number of hydrogen-bond acceptors (Lipinski definition) is 6. The average Bonchev–Trinajstić information content (AvgIpc) is 3.12. The Balaban J connectivity index is 1.87. The molecule has 1 N–H and O–H groups in total. The van der Waals surface area contributed by atoms with E-state index >= 15 is 0 Å². The lowest BCUT2D eigenvalue weighted by Crippen LogP contribution is -2.36. The molecule has 8 heteroatoms. The van der Waals surface area contributed by atoms with Crippen molar-refractivity contribution in [3.63, 3.8) is 0 Å². The van der Waals surface area contributed by atoms with E-state index in [1.165, 1.54) is 7.11 Å². The van der Waals surface area contributed by atoms with Crippen LogP contribution in [0.15, 0.2) is 42.5 Å². The number of nitrogens with zero attached hydrogens (tertiary/aromatic N) is 1. The first-order valence-electron chi connectivity index (χ1n) is 10.0. The first kappa shape index (κ1) is 22.1. The fraction of sp³-hybridized carbons (Fsp3) is 0.348. The van der Waals surface area contributed by atoms with Crippen molar-refractivity contribution in [1.82, 2.24) is 10.2 Å². The van der Waals surface area contributed by atoms with Gasteiger partial charge in [-0.1, -0.05) is 24.3 Å². The number of rotatable bonds is 9. The maximum absolute atomic E-state index is 13.1. The van der Waals surface area contributed by atoms with E-state index in [1.54, 1.807) is 43.2 Å². The summed E-state index contributed by atoms with van der Waals surface area (Å²) in [6, 6.07) is 12.1. The molecule has 2 amide bonds. The second kappa shape index (κ2) is 9.97. The van der Waals surface area contributed by atoms with E-state index in [-0.39, 0.29) is 31.4 Å². The third-order valence-electron chi connectivity index (χ3n) is 5.13. The van der Waals surface area contributed by atoms with Crippen LogP contribution in [0.5, 0.6) is 11.5 Å². The van der Waals surface area contributed by atoms with Gasteiger partial charge in [0.25, 0.3) is 5.91 Å². The molecule has 8 nitrogen and oxygen atoms in total. The molecule has 1 unspecified atom stereocenters. The van der Waals surface area contributed by atoms with Crippen LogP contribution in [0.3, 0.4) is 0 Å². The number of fused-ring (bicyclic) bond motifs is 1. The third-order valence-corrected chi connectivity index (χ3v) is 5.13. The highest BCUT2D eigenvalue weighted by Crippen LogP contribution is 2.37. The minimum atomic E-state index is -0.554. The van der Waals surface area contributed by atoms with E-state index in [1.807, 2.05) is 18.2 Å². The molecule has 0 saturated heterocycles. The molecule has 1 atom stereocenters. The molecule has 2 aromatic rings. The highest BCUT2D eigenvalue weighted by Gasteiger charge is 2.34. The molecule has 0 fully saturated rings. The van der Waals surface area contributed by atoms with Crippen LogP contribution in [0.25, 0.3) is 0 Å². The van der Waals surface area contributed by atoms with Crippen molar-refractivity contribution in [3.8, 4) is 11.5 Å². The van der Waals surface area contributed by atoms with Gasteiger partial charge in [-0.15, -0.1) is 0 Å². The number of carbonyl (C=O) groups excluding carboxylic acids is 3. The summed E-state index contributed by atoms with van der Waals surface area (Å²) < 4.78 is 15.5. The van der Waals surface area contributed by atoms with Crippen LogP contribution in [-0.4, -0.2) is 50.1 Å². The van der Waals surface area contributed by atoms with Gasteiger partial charge in [0.05, 0.1) is 33.3 Å². The van der Waals surface area contributed by atoms with Crippen molar-refractivity contribution in [2.45, 2.75) is 25.9 Å². The Labute approximate surface area is 181 Å². The largest absolute Gasteiger partial charge is 0.493 e. The monoisotopic (exact) mass is 426 g/mol. The predicted octanol–water partition coefficient (Wildman–Crippen LogP) is 2.47. The molecule has 2 aromatic carbocycles. The maximum atomic E-state index is 13.1. The first-order chi connectivity index (χ1) is 15.0. The normalized spacial score (nSPS) is 13.4. The van der Waals surface area contributed by atoms with Gasteiger partial charge in [-0.3, -0.25) is 14.4 Å². The van der Waals surface area contributed by atoms with E-state index in [0.717, 1.165) is 11.1 Å². The Morgan fingerprint density at radius 2 is 1.84 bits per heavy atom. The van der Waals surface area contributed by atoms with Crippen molar-refractivity contribution in [1.29, 1.82) is 0 Å². The van der Waals surface area contributed by atoms with Crippen molar-refractivity contribution < 1.29 is 28.6 Å². The molecule has 1 aliphatic heterocycles. The molecule has 0 bridgehead atoms. The smallest absolute Gasteiger partial charge is 0.325 e. The maximum Gasteiger partial charge on any atom is 0.325 e. The second-order valence-corrected chi connectivity index (χ2v) is 7.01. The number of ether oxygens (including phenoxy) is 3. The van der Waals surface area contributed by atoms with E-state index in [9.17, 15) is 14.4 Å². The van der Waals surface area contributed by atoms with Gasteiger partial charge in [0.2, 0.25) is 5.91 Å². The van der Waals surface area contributed by atoms with Crippen molar-refractivity contribution in [3.05, 3.63) is 59.2 Å². The summed E-state index contributed by atoms with van der Waals surface area (Å²) in [5.74, 6) is 0.0298. The number of methoxy groups -OCH3 is 2. The zero-order valence-electron chi connectivity index (χ0n) is 17.8. The molecular weight excluding hydrogens is 400 g/mol. The summed E-state index contributed by atoms with van der Waals surface area (Å²) >= 11 is 0. The molecular formula is C23H26N2O6. The Bertz CT molecular complexity index is 974. The summed E-state index contributed by atoms with van der Waals surface area (Å²) in [5.41, 5.74) is 2.26. The Morgan fingerprint density at radius 1 is 1.10 bits per heavy atom. The van der Waals surface area contributed by atoms with Gasteiger partial charge < -0.3 is 24.4 Å². The molecule has 1 heterocycles. The lowest BCUT2D eigenvalue weighted by atomic mass is 10.0. The lowest BCUT2D eigenvalue weighted by Gasteiger charge is -2.28. The number of carbonyl (C=O) groups is 3. The molecule has 0 spiro atoms. The van der Waals surface area contributed by atoms with Crippen LogP contribution in [0.4, 0.5) is 0 Å². The van der Waals surface area contributed by atoms with Gasteiger partial charge >= 0.3 is 5.97 Å². The topological polar surface area (TPSA) is 94.2 Å². The Hall–Kier alpha value is -3.55. The minimum Gasteiger partial charge on any atom is -0.493 e. The first-order valence-corrected chi connectivity index (χ1v) is 10.0. The Kier molecular flexibility index (Phi) is 7.12. The van der Waals surface area contributed by atoms with Crippen molar-refractivity contribution in [2.75, 3.05) is 27.4 Å². The van der Waals surface area contributed by atoms with Gasteiger partial charge in [0.1, 0.15) is 6.54 Å². The average molecular weight is 426 g/mol. The van der Waals surface area contributed by atoms with Crippen LogP contribution in [0, 0.1) is 0 Å². The highest BCUT2D eigenvalue weighted by atomic mass is 16.5. The SMILES string of the molecule is CCOC(=O)CNC(=O)CC(c1ccc(OC)c(OC)c1)N1Cc2ccccc2C1=O. The van der Waals surface area contributed by atoms with Gasteiger partial charge in [-0.2, -0.15) is 0 Å². The summed E-state index contributed by atoms with van der Waals surface area (Å²) in [5, 5.41) is 2.57. The molecule has 31 heavy (non-hydrogen) atoms. The van der Waals surface area contributed by atoms with Crippen LogP contribution < -0.4 is 14.8 Å². The fourth-order valence-electron chi connectivity index (χ4n) is 3.63. The number of esters is 1. The van der Waals surface area contributed by atoms with Gasteiger partial charge in [-0.25, -0.2) is 0 Å². The van der Waals surface area contributed by atoms with Crippen molar-refractivity contribution in [2.24, 2.45) is 0 Å². The molecule has 0 aromatic heterocycles. The van der Waals surface area contributed by atoms with E-state index in [4.69, 9.17) is 14.2 Å². The number of hydrogen-bond donors (Lipinski definition) is 1. The molecule has 164 valence electrons. The van der Waals surface area contributed by atoms with Gasteiger partial charge in [0.15, 0.2) is 11.5 Å². The van der Waals surface area contributed by atoms with Gasteiger partial charge in [0, 0.05) is 12.1 Å². The highest BCUT2D eigenvalue weighted by molar-refractivity contribution is 5.99. The van der Waals surface area contributed by atoms with E-state index in [0.29, 0.717) is 23.6 Å². The molecule has 3 rings (SSSR count). The van der Waals surface area contributed by atoms with Gasteiger partial charge in [-0.05, 0) is 36.2 Å². The molecule has 0 radical (unpaired) electrons. The standard InChI is InChI=1S/C23H26N2O6/c1-4-31-22(27)13-24-21(26)12-18(15-9-10-19(29-2)20(11-15)30-3)25-14-16-7-5-6-8-17(16)23(25)28/h5-11,18H,4,12-14H2,1-3H3,(H,24,26). The third kappa shape index (κ3) is 4.96. The summed E-state index contributed by atoms with van der Waals surface area (Å²) in [6.07, 6.45) is -0.0192. The lowest BCUT2D eigenvalue weighted by molar-refractivity contribution is -0.143. The Morgan fingerprint density at radius 3 is 2.52 bits per heavy atom. The predicted molar refractivity (Wildman–Crippen MR) is 113 cm³/mol. The van der Waals surface area contributed by atoms with Crippen LogP contribution in [-0.2, 0) is 20.9 Å². The molecule has 0 saturated carbocycles. The molecule has 1 aliphatic rings. The second-order valence-electron chi connectivity index (χ2n) is 7.01. The zero-order chi connectivity index (χ0) is 22.4. The fourth-order valence-corrected chi connectivity index (χ4v) is 3.63. The number of amides is 2.